The Kier molecular flexibility index (Phi) is 4.60. The number of ether oxygens (including phenoxy) is 1. The van der Waals surface area contributed by atoms with Crippen molar-refractivity contribution >= 4 is 5.91 Å². The highest BCUT2D eigenvalue weighted by molar-refractivity contribution is 5.93. The van der Waals surface area contributed by atoms with E-state index < -0.39 is 0 Å². The molecule has 3 rings (SSSR count). The van der Waals surface area contributed by atoms with E-state index >= 15 is 0 Å². The molecule has 1 aromatic heterocycles. The number of hydrogen-bond acceptors (Lipinski definition) is 3. The van der Waals surface area contributed by atoms with Crippen LogP contribution in [0.5, 0.6) is 5.75 Å². The highest BCUT2D eigenvalue weighted by Crippen LogP contribution is 2.34. The van der Waals surface area contributed by atoms with Gasteiger partial charge in [0.15, 0.2) is 0 Å². The maximum atomic E-state index is 13.1. The number of aromatic nitrogens is 2. The van der Waals surface area contributed by atoms with Gasteiger partial charge in [-0.1, -0.05) is 26.0 Å². The van der Waals surface area contributed by atoms with Crippen molar-refractivity contribution in [2.24, 2.45) is 7.05 Å². The summed E-state index contributed by atoms with van der Waals surface area (Å²) in [7, 11) is 3.51. The van der Waals surface area contributed by atoms with E-state index in [4.69, 9.17) is 4.74 Å². The van der Waals surface area contributed by atoms with Crippen LogP contribution in [0, 0.1) is 0 Å². The summed E-state index contributed by atoms with van der Waals surface area (Å²) in [4.78, 5) is 15.0. The standard InChI is InChI=1S/C19H25N3O2/c1-13(2)16-12-18(21(3)20-16)19(23)22-10-6-9-17(22)14-7-5-8-15(11-14)24-4/h5,7-8,11-13,17H,6,9-10H2,1-4H3. The van der Waals surface area contributed by atoms with Crippen LogP contribution in [0.15, 0.2) is 30.3 Å². The Bertz CT molecular complexity index is 736. The normalized spacial score (nSPS) is 17.5. The quantitative estimate of drug-likeness (QED) is 0.863. The Morgan fingerprint density at radius 2 is 2.12 bits per heavy atom. The Labute approximate surface area is 143 Å². The largest absolute Gasteiger partial charge is 0.497 e. The molecule has 1 amide bonds. The van der Waals surface area contributed by atoms with Crippen LogP contribution in [0.4, 0.5) is 0 Å². The second kappa shape index (κ2) is 6.67. The zero-order valence-corrected chi connectivity index (χ0v) is 14.8. The molecule has 0 aliphatic carbocycles. The fraction of sp³-hybridized carbons (Fsp3) is 0.474. The summed E-state index contributed by atoms with van der Waals surface area (Å²) >= 11 is 0. The minimum atomic E-state index is 0.0576. The van der Waals surface area contributed by atoms with E-state index in [-0.39, 0.29) is 11.9 Å². The number of rotatable bonds is 4. The maximum absolute atomic E-state index is 13.1. The van der Waals surface area contributed by atoms with Crippen molar-refractivity contribution < 1.29 is 9.53 Å². The third-order valence-corrected chi connectivity index (χ3v) is 4.70. The third-order valence-electron chi connectivity index (χ3n) is 4.70. The third kappa shape index (κ3) is 3.03. The second-order valence-corrected chi connectivity index (χ2v) is 6.67. The molecule has 0 spiro atoms. The van der Waals surface area contributed by atoms with Gasteiger partial charge in [0, 0.05) is 13.6 Å². The number of nitrogens with zero attached hydrogens (tertiary/aromatic N) is 3. The molecule has 5 nitrogen and oxygen atoms in total. The SMILES string of the molecule is COc1cccc(C2CCCN2C(=O)c2cc(C(C)C)nn2C)c1. The molecule has 5 heteroatoms. The zero-order valence-electron chi connectivity index (χ0n) is 14.8. The van der Waals surface area contributed by atoms with E-state index in [0.717, 1.165) is 36.4 Å². The number of carbonyl (C=O) groups is 1. The average Bonchev–Trinajstić information content (AvgIpc) is 3.21. The van der Waals surface area contributed by atoms with Crippen molar-refractivity contribution in [3.05, 3.63) is 47.3 Å². The molecule has 1 aliphatic heterocycles. The molecule has 1 fully saturated rings. The lowest BCUT2D eigenvalue weighted by Gasteiger charge is -2.25. The summed E-state index contributed by atoms with van der Waals surface area (Å²) in [6.07, 6.45) is 2.00. The van der Waals surface area contributed by atoms with E-state index in [9.17, 15) is 4.79 Å². The van der Waals surface area contributed by atoms with Crippen LogP contribution in [0.1, 0.15) is 60.4 Å². The van der Waals surface area contributed by atoms with Crippen molar-refractivity contribution in [1.82, 2.24) is 14.7 Å². The molecule has 128 valence electrons. The summed E-state index contributed by atoms with van der Waals surface area (Å²) in [5, 5.41) is 4.48. The average molecular weight is 327 g/mol. The summed E-state index contributed by atoms with van der Waals surface area (Å²) < 4.78 is 7.03. The van der Waals surface area contributed by atoms with Gasteiger partial charge < -0.3 is 9.64 Å². The number of carbonyl (C=O) groups excluding carboxylic acids is 1. The predicted molar refractivity (Wildman–Crippen MR) is 93.3 cm³/mol. The van der Waals surface area contributed by atoms with Crippen LogP contribution in [-0.2, 0) is 7.05 Å². The molecule has 1 saturated heterocycles. The molecule has 2 heterocycles. The van der Waals surface area contributed by atoms with E-state index in [0.29, 0.717) is 11.6 Å². The fourth-order valence-corrected chi connectivity index (χ4v) is 3.32. The van der Waals surface area contributed by atoms with Gasteiger partial charge in [-0.2, -0.15) is 5.10 Å². The molecule has 24 heavy (non-hydrogen) atoms. The van der Waals surface area contributed by atoms with E-state index in [1.165, 1.54) is 0 Å². The maximum Gasteiger partial charge on any atom is 0.272 e. The molecule has 2 aromatic rings. The van der Waals surface area contributed by atoms with Crippen LogP contribution >= 0.6 is 0 Å². The number of methoxy groups -OCH3 is 1. The molecule has 1 aromatic carbocycles. The first-order valence-electron chi connectivity index (χ1n) is 8.50. The fourth-order valence-electron chi connectivity index (χ4n) is 3.32. The highest BCUT2D eigenvalue weighted by Gasteiger charge is 2.32. The summed E-state index contributed by atoms with van der Waals surface area (Å²) in [6.45, 7) is 4.96. The first-order chi connectivity index (χ1) is 11.5. The molecule has 0 N–H and O–H groups in total. The lowest BCUT2D eigenvalue weighted by atomic mass is 10.0. The lowest BCUT2D eigenvalue weighted by Crippen LogP contribution is -2.32. The Morgan fingerprint density at radius 1 is 1.33 bits per heavy atom. The van der Waals surface area contributed by atoms with Gasteiger partial charge in [0.1, 0.15) is 11.4 Å². The molecular formula is C19H25N3O2. The van der Waals surface area contributed by atoms with Gasteiger partial charge >= 0.3 is 0 Å². The minimum absolute atomic E-state index is 0.0576. The van der Waals surface area contributed by atoms with Crippen molar-refractivity contribution in [3.8, 4) is 5.75 Å². The molecule has 1 atom stereocenters. The van der Waals surface area contributed by atoms with Crippen LogP contribution in [0.25, 0.3) is 0 Å². The van der Waals surface area contributed by atoms with Crippen LogP contribution < -0.4 is 4.74 Å². The summed E-state index contributed by atoms with van der Waals surface area (Å²) in [6, 6.07) is 10.0. The molecule has 0 saturated carbocycles. The Morgan fingerprint density at radius 3 is 2.79 bits per heavy atom. The predicted octanol–water partition coefficient (Wildman–Crippen LogP) is 3.53. The van der Waals surface area contributed by atoms with E-state index in [1.807, 2.05) is 36.2 Å². The lowest BCUT2D eigenvalue weighted by molar-refractivity contribution is 0.0724. The molecule has 0 bridgehead atoms. The van der Waals surface area contributed by atoms with Gasteiger partial charge in [-0.3, -0.25) is 9.48 Å². The van der Waals surface area contributed by atoms with Gasteiger partial charge in [0.25, 0.3) is 5.91 Å². The molecule has 1 aliphatic rings. The number of aryl methyl sites for hydroxylation is 1. The van der Waals surface area contributed by atoms with E-state index in [1.54, 1.807) is 11.8 Å². The minimum Gasteiger partial charge on any atom is -0.497 e. The summed E-state index contributed by atoms with van der Waals surface area (Å²) in [5.41, 5.74) is 2.75. The van der Waals surface area contributed by atoms with Crippen molar-refractivity contribution in [3.63, 3.8) is 0 Å². The van der Waals surface area contributed by atoms with Gasteiger partial charge in [-0.15, -0.1) is 0 Å². The van der Waals surface area contributed by atoms with Gasteiger partial charge in [-0.25, -0.2) is 0 Å². The topological polar surface area (TPSA) is 47.4 Å². The number of hydrogen-bond donors (Lipinski definition) is 0. The van der Waals surface area contributed by atoms with Gasteiger partial charge in [0.2, 0.25) is 0 Å². The van der Waals surface area contributed by atoms with Crippen LogP contribution in [-0.4, -0.2) is 34.2 Å². The Balaban J connectivity index is 1.88. The molecule has 1 unspecified atom stereocenters. The number of amides is 1. The van der Waals surface area contributed by atoms with Gasteiger partial charge in [0.05, 0.1) is 18.8 Å². The number of likely N-dealkylation sites (tertiary alicyclic amines) is 1. The zero-order chi connectivity index (χ0) is 17.3. The first-order valence-corrected chi connectivity index (χ1v) is 8.50. The first kappa shape index (κ1) is 16.6. The second-order valence-electron chi connectivity index (χ2n) is 6.67. The van der Waals surface area contributed by atoms with Crippen LogP contribution in [0.2, 0.25) is 0 Å². The Hall–Kier alpha value is -2.30. The van der Waals surface area contributed by atoms with Crippen LogP contribution in [0.3, 0.4) is 0 Å². The van der Waals surface area contributed by atoms with Gasteiger partial charge in [-0.05, 0) is 42.5 Å². The molecule has 0 radical (unpaired) electrons. The highest BCUT2D eigenvalue weighted by atomic mass is 16.5. The van der Waals surface area contributed by atoms with E-state index in [2.05, 4.69) is 25.0 Å². The smallest absolute Gasteiger partial charge is 0.272 e. The van der Waals surface area contributed by atoms with Crippen molar-refractivity contribution in [1.29, 1.82) is 0 Å². The van der Waals surface area contributed by atoms with Crippen molar-refractivity contribution in [2.75, 3.05) is 13.7 Å². The summed E-state index contributed by atoms with van der Waals surface area (Å²) in [5.74, 6) is 1.20. The van der Waals surface area contributed by atoms with Crippen molar-refractivity contribution in [2.45, 2.75) is 38.6 Å². The number of benzene rings is 1. The monoisotopic (exact) mass is 327 g/mol. The molecular weight excluding hydrogens is 302 g/mol.